The number of hydrogen-bond acceptors (Lipinski definition) is 3. The molecule has 0 bridgehead atoms. The predicted molar refractivity (Wildman–Crippen MR) is 95.5 cm³/mol. The van der Waals surface area contributed by atoms with Crippen molar-refractivity contribution in [3.8, 4) is 17.1 Å². The Kier molecular flexibility index (Phi) is 3.27. The largest absolute Gasteiger partial charge is 0.441 e. The molecule has 0 amide bonds. The van der Waals surface area contributed by atoms with Crippen LogP contribution in [0.1, 0.15) is 22.6 Å². The van der Waals surface area contributed by atoms with E-state index in [0.29, 0.717) is 5.89 Å². The Bertz CT molecular complexity index is 1030. The molecule has 4 heteroatoms. The van der Waals surface area contributed by atoms with Crippen molar-refractivity contribution in [2.45, 2.75) is 27.7 Å². The van der Waals surface area contributed by atoms with Gasteiger partial charge < -0.3 is 4.42 Å². The van der Waals surface area contributed by atoms with E-state index in [9.17, 15) is 0 Å². The topological polar surface area (TPSA) is 43.9 Å². The molecule has 0 saturated carbocycles. The summed E-state index contributed by atoms with van der Waals surface area (Å²) in [6.45, 7) is 8.27. The normalized spacial score (nSPS) is 11.3. The van der Waals surface area contributed by atoms with Crippen molar-refractivity contribution in [1.82, 2.24) is 14.5 Å². The Morgan fingerprint density at radius 1 is 1.00 bits per heavy atom. The number of oxazole rings is 1. The summed E-state index contributed by atoms with van der Waals surface area (Å²) >= 11 is 0. The number of para-hydroxylation sites is 1. The summed E-state index contributed by atoms with van der Waals surface area (Å²) in [4.78, 5) is 9.15. The van der Waals surface area contributed by atoms with Gasteiger partial charge in [-0.3, -0.25) is 4.57 Å². The van der Waals surface area contributed by atoms with Gasteiger partial charge in [-0.1, -0.05) is 23.8 Å². The Morgan fingerprint density at radius 3 is 2.50 bits per heavy atom. The number of aromatic nitrogens is 3. The van der Waals surface area contributed by atoms with Crippen molar-refractivity contribution >= 4 is 11.1 Å². The summed E-state index contributed by atoms with van der Waals surface area (Å²) in [5.41, 5.74) is 7.52. The monoisotopic (exact) mass is 317 g/mol. The maximum Gasteiger partial charge on any atom is 0.192 e. The van der Waals surface area contributed by atoms with Crippen LogP contribution in [0.2, 0.25) is 0 Å². The summed E-state index contributed by atoms with van der Waals surface area (Å²) in [5.74, 6) is 1.54. The third-order valence-corrected chi connectivity index (χ3v) is 4.28. The highest BCUT2D eigenvalue weighted by Crippen LogP contribution is 2.31. The molecule has 0 radical (unpaired) electrons. The standard InChI is InChI=1S/C20H19N3O/c1-12-10-13(2)19(14(3)11-12)23-9-8-21-20(23)16-6-5-7-17-18(16)22-15(4)24-17/h5-11H,1-4H3. The first kappa shape index (κ1) is 14.7. The van der Waals surface area contributed by atoms with Crippen LogP contribution in [-0.2, 0) is 0 Å². The van der Waals surface area contributed by atoms with E-state index in [0.717, 1.165) is 22.5 Å². The SMILES string of the molecule is Cc1cc(C)c(-n2ccnc2-c2cccc3oc(C)nc23)c(C)c1. The highest BCUT2D eigenvalue weighted by atomic mass is 16.3. The molecular weight excluding hydrogens is 298 g/mol. The fourth-order valence-corrected chi connectivity index (χ4v) is 3.48. The Morgan fingerprint density at radius 2 is 1.75 bits per heavy atom. The molecule has 2 aromatic heterocycles. The van der Waals surface area contributed by atoms with Crippen molar-refractivity contribution in [3.63, 3.8) is 0 Å². The molecule has 0 aliphatic rings. The Balaban J connectivity index is 1.99. The molecule has 24 heavy (non-hydrogen) atoms. The lowest BCUT2D eigenvalue weighted by Crippen LogP contribution is -2.02. The van der Waals surface area contributed by atoms with Gasteiger partial charge >= 0.3 is 0 Å². The van der Waals surface area contributed by atoms with E-state index in [1.807, 2.05) is 37.5 Å². The molecule has 0 unspecified atom stereocenters. The molecule has 0 fully saturated rings. The molecule has 0 atom stereocenters. The second-order valence-corrected chi connectivity index (χ2v) is 6.25. The fourth-order valence-electron chi connectivity index (χ4n) is 3.48. The smallest absolute Gasteiger partial charge is 0.192 e. The van der Waals surface area contributed by atoms with Crippen LogP contribution in [0.3, 0.4) is 0 Å². The van der Waals surface area contributed by atoms with Gasteiger partial charge in [0.1, 0.15) is 11.3 Å². The van der Waals surface area contributed by atoms with Gasteiger partial charge in [-0.05, 0) is 44.0 Å². The van der Waals surface area contributed by atoms with E-state index in [-0.39, 0.29) is 0 Å². The zero-order valence-corrected chi connectivity index (χ0v) is 14.3. The number of benzene rings is 2. The average Bonchev–Trinajstić information content (AvgIpc) is 3.11. The van der Waals surface area contributed by atoms with Gasteiger partial charge in [0, 0.05) is 24.9 Å². The molecule has 120 valence electrons. The number of fused-ring (bicyclic) bond motifs is 1. The van der Waals surface area contributed by atoms with Gasteiger partial charge in [0.05, 0.1) is 5.69 Å². The van der Waals surface area contributed by atoms with Gasteiger partial charge in [-0.2, -0.15) is 0 Å². The lowest BCUT2D eigenvalue weighted by atomic mass is 10.0. The van der Waals surface area contributed by atoms with Crippen LogP contribution in [0.4, 0.5) is 0 Å². The molecule has 0 saturated heterocycles. The van der Waals surface area contributed by atoms with Gasteiger partial charge in [-0.25, -0.2) is 9.97 Å². The number of hydrogen-bond donors (Lipinski definition) is 0. The number of nitrogens with zero attached hydrogens (tertiary/aromatic N) is 3. The van der Waals surface area contributed by atoms with Crippen LogP contribution in [0, 0.1) is 27.7 Å². The van der Waals surface area contributed by atoms with Crippen molar-refractivity contribution in [3.05, 3.63) is 65.3 Å². The van der Waals surface area contributed by atoms with Gasteiger partial charge in [-0.15, -0.1) is 0 Å². The molecule has 2 heterocycles. The minimum atomic E-state index is 0.665. The molecule has 0 spiro atoms. The van der Waals surface area contributed by atoms with E-state index in [4.69, 9.17) is 4.42 Å². The number of aryl methyl sites for hydroxylation is 4. The molecule has 4 rings (SSSR count). The van der Waals surface area contributed by atoms with Crippen LogP contribution in [-0.4, -0.2) is 14.5 Å². The van der Waals surface area contributed by atoms with E-state index < -0.39 is 0 Å². The van der Waals surface area contributed by atoms with Crippen molar-refractivity contribution in [2.24, 2.45) is 0 Å². The maximum atomic E-state index is 5.67. The highest BCUT2D eigenvalue weighted by molar-refractivity contribution is 5.89. The zero-order valence-electron chi connectivity index (χ0n) is 14.3. The third kappa shape index (κ3) is 2.22. The van der Waals surface area contributed by atoms with Crippen molar-refractivity contribution < 1.29 is 4.42 Å². The van der Waals surface area contributed by atoms with Gasteiger partial charge in [0.2, 0.25) is 0 Å². The first-order valence-corrected chi connectivity index (χ1v) is 8.02. The predicted octanol–water partition coefficient (Wildman–Crippen LogP) is 4.91. The summed E-state index contributed by atoms with van der Waals surface area (Å²) in [6, 6.07) is 10.4. The summed E-state index contributed by atoms with van der Waals surface area (Å²) in [7, 11) is 0. The van der Waals surface area contributed by atoms with Crippen LogP contribution in [0.15, 0.2) is 47.1 Å². The van der Waals surface area contributed by atoms with Crippen molar-refractivity contribution in [2.75, 3.05) is 0 Å². The first-order chi connectivity index (χ1) is 11.5. The minimum Gasteiger partial charge on any atom is -0.441 e. The molecule has 2 aromatic carbocycles. The van der Waals surface area contributed by atoms with Crippen LogP contribution < -0.4 is 0 Å². The van der Waals surface area contributed by atoms with E-state index >= 15 is 0 Å². The quantitative estimate of drug-likeness (QED) is 0.527. The minimum absolute atomic E-state index is 0.665. The lowest BCUT2D eigenvalue weighted by Gasteiger charge is -2.15. The van der Waals surface area contributed by atoms with Crippen LogP contribution in [0.25, 0.3) is 28.2 Å². The molecule has 0 aliphatic heterocycles. The molecule has 0 aliphatic carbocycles. The van der Waals surface area contributed by atoms with Crippen LogP contribution in [0.5, 0.6) is 0 Å². The lowest BCUT2D eigenvalue weighted by molar-refractivity contribution is 0.561. The fraction of sp³-hybridized carbons (Fsp3) is 0.200. The molecule has 4 aromatic rings. The summed E-state index contributed by atoms with van der Waals surface area (Å²) in [6.07, 6.45) is 3.84. The van der Waals surface area contributed by atoms with Crippen molar-refractivity contribution in [1.29, 1.82) is 0 Å². The maximum absolute atomic E-state index is 5.67. The van der Waals surface area contributed by atoms with Gasteiger partial charge in [0.15, 0.2) is 11.5 Å². The van der Waals surface area contributed by atoms with E-state index in [1.165, 1.54) is 22.4 Å². The van der Waals surface area contributed by atoms with E-state index in [2.05, 4.69) is 47.4 Å². The highest BCUT2D eigenvalue weighted by Gasteiger charge is 2.16. The molecule has 4 nitrogen and oxygen atoms in total. The Hall–Kier alpha value is -2.88. The summed E-state index contributed by atoms with van der Waals surface area (Å²) < 4.78 is 7.81. The number of rotatable bonds is 2. The third-order valence-electron chi connectivity index (χ3n) is 4.28. The zero-order chi connectivity index (χ0) is 16.8. The molecular formula is C20H19N3O. The Labute approximate surface area is 140 Å². The second-order valence-electron chi connectivity index (χ2n) is 6.25. The first-order valence-electron chi connectivity index (χ1n) is 8.02. The van der Waals surface area contributed by atoms with Gasteiger partial charge in [0.25, 0.3) is 0 Å². The molecule has 0 N–H and O–H groups in total. The second kappa shape index (κ2) is 5.34. The summed E-state index contributed by atoms with van der Waals surface area (Å²) in [5, 5.41) is 0. The van der Waals surface area contributed by atoms with Crippen LogP contribution >= 0.6 is 0 Å². The number of imidazole rings is 1. The average molecular weight is 317 g/mol. The van der Waals surface area contributed by atoms with E-state index in [1.54, 1.807) is 0 Å².